The van der Waals surface area contributed by atoms with E-state index in [0.29, 0.717) is 17.9 Å². The first-order chi connectivity index (χ1) is 14.4. The van der Waals surface area contributed by atoms with Crippen molar-refractivity contribution in [3.8, 4) is 0 Å². The van der Waals surface area contributed by atoms with Gasteiger partial charge in [-0.2, -0.15) is 4.31 Å². The fraction of sp³-hybridized carbons (Fsp3) is 0.435. The van der Waals surface area contributed by atoms with Crippen molar-refractivity contribution in [2.75, 3.05) is 13.7 Å². The van der Waals surface area contributed by atoms with Crippen LogP contribution in [0.4, 0.5) is 0 Å². The summed E-state index contributed by atoms with van der Waals surface area (Å²) in [5.41, 5.74) is 1.17. The van der Waals surface area contributed by atoms with Gasteiger partial charge in [-0.05, 0) is 43.4 Å². The lowest BCUT2D eigenvalue weighted by atomic mass is 9.83. The zero-order valence-corrected chi connectivity index (χ0v) is 17.9. The van der Waals surface area contributed by atoms with Gasteiger partial charge in [-0.25, -0.2) is 8.42 Å². The maximum absolute atomic E-state index is 13.7. The molecule has 158 valence electrons. The van der Waals surface area contributed by atoms with Gasteiger partial charge in [0.25, 0.3) is 0 Å². The number of carbonyl (C=O) groups excluding carboxylic acids is 1. The molecule has 2 aromatic rings. The molecule has 2 saturated heterocycles. The highest BCUT2D eigenvalue weighted by Gasteiger charge is 2.69. The van der Waals surface area contributed by atoms with Crippen molar-refractivity contribution in [3.05, 3.63) is 65.7 Å². The number of esters is 1. The largest absolute Gasteiger partial charge is 0.468 e. The van der Waals surface area contributed by atoms with E-state index in [1.165, 1.54) is 7.11 Å². The molecule has 1 N–H and O–H groups in total. The number of hydrogen-bond acceptors (Lipinski definition) is 5. The number of ether oxygens (including phenoxy) is 1. The molecule has 30 heavy (non-hydrogen) atoms. The van der Waals surface area contributed by atoms with Crippen molar-refractivity contribution in [2.24, 2.45) is 11.8 Å². The van der Waals surface area contributed by atoms with E-state index >= 15 is 0 Å². The summed E-state index contributed by atoms with van der Waals surface area (Å²) in [6, 6.07) is 16.2. The summed E-state index contributed by atoms with van der Waals surface area (Å²) in [6.07, 6.45) is 1.48. The molecule has 1 saturated carbocycles. The van der Waals surface area contributed by atoms with Crippen LogP contribution in [0.25, 0.3) is 0 Å². The predicted octanol–water partition coefficient (Wildman–Crippen LogP) is 2.65. The Morgan fingerprint density at radius 1 is 1.13 bits per heavy atom. The van der Waals surface area contributed by atoms with Gasteiger partial charge in [-0.3, -0.25) is 10.1 Å². The molecule has 3 fully saturated rings. The number of methoxy groups -OCH3 is 1. The molecule has 0 spiro atoms. The molecular formula is C23H26N2O4S. The molecule has 1 aliphatic carbocycles. The van der Waals surface area contributed by atoms with E-state index in [0.717, 1.165) is 17.5 Å². The summed E-state index contributed by atoms with van der Waals surface area (Å²) in [7, 11) is -2.28. The summed E-state index contributed by atoms with van der Waals surface area (Å²) in [4.78, 5) is 13.2. The van der Waals surface area contributed by atoms with E-state index in [2.05, 4.69) is 5.32 Å². The summed E-state index contributed by atoms with van der Waals surface area (Å²) < 4.78 is 34.2. The smallest absolute Gasteiger partial charge is 0.326 e. The SMILES string of the molecule is COC(=O)[C@]12CC[C@H]3CN(S(=O)(=O)c4ccc(C)cc4)[C@H]([C@H]31)[C@H](c1ccccc1)N2. The van der Waals surface area contributed by atoms with Crippen LogP contribution in [0, 0.1) is 18.8 Å². The fourth-order valence-corrected chi connectivity index (χ4v) is 7.61. The lowest BCUT2D eigenvalue weighted by Crippen LogP contribution is -2.51. The van der Waals surface area contributed by atoms with Crippen LogP contribution in [0.1, 0.15) is 30.0 Å². The Bertz CT molecular complexity index is 1070. The number of nitrogens with one attached hydrogen (secondary N) is 1. The third-order valence-electron chi connectivity index (χ3n) is 7.19. The molecule has 5 atom stereocenters. The molecule has 3 aliphatic rings. The standard InChI is InChI=1S/C23H26N2O4S/c1-15-8-10-18(11-9-15)30(27,28)25-14-17-12-13-23(22(26)29-2)19(17)21(25)20(24-23)16-6-4-3-5-7-16/h3-11,17,19-21,24H,12-14H2,1-2H3/t17-,19-,20-,21+,23-/m0/s1. The second-order valence-corrected chi connectivity index (χ2v) is 10.6. The van der Waals surface area contributed by atoms with Crippen LogP contribution in [-0.2, 0) is 19.6 Å². The van der Waals surface area contributed by atoms with Crippen molar-refractivity contribution < 1.29 is 17.9 Å². The van der Waals surface area contributed by atoms with Gasteiger partial charge in [0.2, 0.25) is 10.0 Å². The van der Waals surface area contributed by atoms with Gasteiger partial charge in [-0.1, -0.05) is 48.0 Å². The van der Waals surface area contributed by atoms with Gasteiger partial charge in [-0.15, -0.1) is 0 Å². The minimum atomic E-state index is -3.69. The number of carbonyl (C=O) groups is 1. The Morgan fingerprint density at radius 2 is 1.83 bits per heavy atom. The molecular weight excluding hydrogens is 400 g/mol. The van der Waals surface area contributed by atoms with Crippen molar-refractivity contribution in [1.82, 2.24) is 9.62 Å². The normalized spacial score (nSPS) is 32.9. The molecule has 7 heteroatoms. The highest BCUT2D eigenvalue weighted by atomic mass is 32.2. The van der Waals surface area contributed by atoms with E-state index in [1.54, 1.807) is 16.4 Å². The summed E-state index contributed by atoms with van der Waals surface area (Å²) >= 11 is 0. The molecule has 5 rings (SSSR count). The lowest BCUT2D eigenvalue weighted by molar-refractivity contribution is -0.149. The summed E-state index contributed by atoms with van der Waals surface area (Å²) in [5, 5.41) is 3.55. The quantitative estimate of drug-likeness (QED) is 0.761. The Morgan fingerprint density at radius 3 is 2.50 bits per heavy atom. The molecule has 6 nitrogen and oxygen atoms in total. The molecule has 2 heterocycles. The number of benzene rings is 2. The van der Waals surface area contributed by atoms with Crippen LogP contribution >= 0.6 is 0 Å². The van der Waals surface area contributed by atoms with Crippen LogP contribution in [0.2, 0.25) is 0 Å². The van der Waals surface area contributed by atoms with Crippen LogP contribution in [0.15, 0.2) is 59.5 Å². The fourth-order valence-electron chi connectivity index (χ4n) is 5.90. The minimum Gasteiger partial charge on any atom is -0.468 e. The number of nitrogens with zero attached hydrogens (tertiary/aromatic N) is 1. The van der Waals surface area contributed by atoms with Crippen LogP contribution in [0.3, 0.4) is 0 Å². The van der Waals surface area contributed by atoms with E-state index < -0.39 is 15.6 Å². The Hall–Kier alpha value is -2.22. The highest BCUT2D eigenvalue weighted by molar-refractivity contribution is 7.89. The van der Waals surface area contributed by atoms with Gasteiger partial charge in [0.15, 0.2) is 0 Å². The predicted molar refractivity (Wildman–Crippen MR) is 112 cm³/mol. The maximum Gasteiger partial charge on any atom is 0.326 e. The zero-order valence-electron chi connectivity index (χ0n) is 17.1. The first-order valence-electron chi connectivity index (χ1n) is 10.4. The van der Waals surface area contributed by atoms with Gasteiger partial charge in [0.1, 0.15) is 5.54 Å². The molecule has 0 unspecified atom stereocenters. The van der Waals surface area contributed by atoms with Crippen molar-refractivity contribution in [1.29, 1.82) is 0 Å². The van der Waals surface area contributed by atoms with Crippen molar-refractivity contribution >= 4 is 16.0 Å². The highest BCUT2D eigenvalue weighted by Crippen LogP contribution is 2.58. The molecule has 2 aliphatic heterocycles. The van der Waals surface area contributed by atoms with E-state index in [4.69, 9.17) is 4.74 Å². The third kappa shape index (κ3) is 2.69. The first-order valence-corrected chi connectivity index (χ1v) is 11.8. The van der Waals surface area contributed by atoms with Crippen LogP contribution < -0.4 is 5.32 Å². The summed E-state index contributed by atoms with van der Waals surface area (Å²) in [5.74, 6) is -0.251. The number of rotatable bonds is 4. The molecule has 0 radical (unpaired) electrons. The Kier molecular flexibility index (Phi) is 4.54. The van der Waals surface area contributed by atoms with Gasteiger partial charge < -0.3 is 4.74 Å². The molecule has 0 amide bonds. The van der Waals surface area contributed by atoms with E-state index in [-0.39, 0.29) is 29.9 Å². The average molecular weight is 427 g/mol. The minimum absolute atomic E-state index is 0.102. The molecule has 0 bridgehead atoms. The van der Waals surface area contributed by atoms with E-state index in [1.807, 2.05) is 49.4 Å². The summed E-state index contributed by atoms with van der Waals surface area (Å²) in [6.45, 7) is 2.38. The zero-order chi connectivity index (χ0) is 21.1. The number of hydrogen-bond donors (Lipinski definition) is 1. The van der Waals surface area contributed by atoms with Gasteiger partial charge in [0, 0.05) is 12.5 Å². The topological polar surface area (TPSA) is 75.7 Å². The van der Waals surface area contributed by atoms with Crippen LogP contribution in [-0.4, -0.2) is 43.9 Å². The second kappa shape index (κ2) is 6.90. The van der Waals surface area contributed by atoms with Crippen LogP contribution in [0.5, 0.6) is 0 Å². The molecule has 0 aromatic heterocycles. The van der Waals surface area contributed by atoms with Gasteiger partial charge >= 0.3 is 5.97 Å². The average Bonchev–Trinajstić information content (AvgIpc) is 3.42. The monoisotopic (exact) mass is 426 g/mol. The number of sulfonamides is 1. The first kappa shape index (κ1) is 19.7. The number of aryl methyl sites for hydroxylation is 1. The molecule has 2 aromatic carbocycles. The Balaban J connectivity index is 1.62. The third-order valence-corrected chi connectivity index (χ3v) is 9.07. The lowest BCUT2D eigenvalue weighted by Gasteiger charge is -2.28. The maximum atomic E-state index is 13.7. The Labute approximate surface area is 177 Å². The second-order valence-electron chi connectivity index (χ2n) is 8.70. The van der Waals surface area contributed by atoms with Crippen molar-refractivity contribution in [3.63, 3.8) is 0 Å². The van der Waals surface area contributed by atoms with Crippen molar-refractivity contribution in [2.45, 2.75) is 42.3 Å². The van der Waals surface area contributed by atoms with E-state index in [9.17, 15) is 13.2 Å². The van der Waals surface area contributed by atoms with Gasteiger partial charge in [0.05, 0.1) is 24.1 Å².